The van der Waals surface area contributed by atoms with Gasteiger partial charge in [0.25, 0.3) is 0 Å². The van der Waals surface area contributed by atoms with Crippen LogP contribution in [0.3, 0.4) is 0 Å². The summed E-state index contributed by atoms with van der Waals surface area (Å²) in [5.41, 5.74) is -0.939. The maximum Gasteiger partial charge on any atom is 0.175 e. The highest BCUT2D eigenvalue weighted by Gasteiger charge is 2.24. The first-order chi connectivity index (χ1) is 15.8. The Morgan fingerprint density at radius 2 is 1.68 bits per heavy atom. The molecule has 0 aliphatic carbocycles. The molecule has 178 valence electrons. The van der Waals surface area contributed by atoms with Crippen LogP contribution in [-0.4, -0.2) is 36.8 Å². The van der Waals surface area contributed by atoms with Crippen molar-refractivity contribution in [3.63, 3.8) is 0 Å². The minimum absolute atomic E-state index is 0.0130. The molecule has 0 spiro atoms. The van der Waals surface area contributed by atoms with Gasteiger partial charge >= 0.3 is 0 Å². The normalized spacial score (nSPS) is 12.6. The van der Waals surface area contributed by atoms with Crippen molar-refractivity contribution in [2.75, 3.05) is 6.26 Å². The predicted octanol–water partition coefficient (Wildman–Crippen LogP) is 5.99. The molecule has 0 unspecified atom stereocenters. The molecule has 0 amide bonds. The molecule has 3 aromatic carbocycles. The zero-order valence-electron chi connectivity index (χ0n) is 18.7. The van der Waals surface area contributed by atoms with Crippen molar-refractivity contribution >= 4 is 38.5 Å². The lowest BCUT2D eigenvalue weighted by molar-refractivity contribution is 0.151. The molecular formula is C25H23ClF2N2O3S. The fourth-order valence-electron chi connectivity index (χ4n) is 3.17. The highest BCUT2D eigenvalue weighted by atomic mass is 35.5. The van der Waals surface area contributed by atoms with Gasteiger partial charge < -0.3 is 10.5 Å². The number of hydrogen-bond acceptors (Lipinski definition) is 5. The van der Waals surface area contributed by atoms with Crippen molar-refractivity contribution in [3.05, 3.63) is 82.9 Å². The molecule has 3 rings (SSSR count). The van der Waals surface area contributed by atoms with Gasteiger partial charge in [0.15, 0.2) is 9.84 Å². The van der Waals surface area contributed by atoms with Gasteiger partial charge in [-0.2, -0.15) is 0 Å². The molecule has 5 nitrogen and oxygen atoms in total. The molecule has 3 aromatic rings. The molecule has 0 aliphatic rings. The van der Waals surface area contributed by atoms with Crippen LogP contribution in [-0.2, 0) is 9.84 Å². The van der Waals surface area contributed by atoms with Gasteiger partial charge in [0.1, 0.15) is 11.6 Å². The molecule has 0 atom stereocenters. The minimum Gasteiger partial charge on any atom is -0.385 e. The summed E-state index contributed by atoms with van der Waals surface area (Å²) in [7, 11) is -3.43. The third-order valence-electron chi connectivity index (χ3n) is 5.13. The lowest BCUT2D eigenvalue weighted by atomic mass is 9.94. The Hall–Kier alpha value is -2.94. The van der Waals surface area contributed by atoms with Crippen LogP contribution >= 0.6 is 11.6 Å². The van der Waals surface area contributed by atoms with E-state index in [0.717, 1.165) is 6.26 Å². The summed E-state index contributed by atoms with van der Waals surface area (Å²) >= 11 is 6.19. The number of sulfone groups is 1. The first kappa shape index (κ1) is 25.7. The molecule has 34 heavy (non-hydrogen) atoms. The van der Waals surface area contributed by atoms with E-state index in [4.69, 9.17) is 17.0 Å². The lowest BCUT2D eigenvalue weighted by Crippen LogP contribution is -2.32. The molecule has 0 bridgehead atoms. The lowest BCUT2D eigenvalue weighted by Gasteiger charge is -2.20. The Balaban J connectivity index is 2.09. The quantitative estimate of drug-likeness (QED) is 0.387. The van der Waals surface area contributed by atoms with Gasteiger partial charge in [-0.25, -0.2) is 22.2 Å². The Labute approximate surface area is 202 Å². The zero-order chi connectivity index (χ0) is 25.3. The maximum absolute atomic E-state index is 15.1. The van der Waals surface area contributed by atoms with Crippen molar-refractivity contribution in [3.8, 4) is 11.1 Å². The number of hydrogen-bond donors (Lipinski definition) is 2. The average Bonchev–Trinajstić information content (AvgIpc) is 2.73. The first-order valence-corrected chi connectivity index (χ1v) is 12.5. The van der Waals surface area contributed by atoms with Crippen LogP contribution in [0.2, 0.25) is 5.02 Å². The van der Waals surface area contributed by atoms with Gasteiger partial charge in [-0.3, -0.25) is 0 Å². The second kappa shape index (κ2) is 9.74. The Kier molecular flexibility index (Phi) is 7.35. The summed E-state index contributed by atoms with van der Waals surface area (Å²) in [6, 6.07) is 14.3. The van der Waals surface area contributed by atoms with Crippen LogP contribution in [0.1, 0.15) is 25.8 Å². The summed E-state index contributed by atoms with van der Waals surface area (Å²) in [5.74, 6) is -1.42. The SMILES string of the molecule is CC(C)(O)C(=N)CC(=Nc1ccc(-c2cccc(S(C)(=O)=O)c2)cc1F)c1c(F)cccc1Cl. The molecule has 2 N–H and O–H groups in total. The van der Waals surface area contributed by atoms with E-state index in [1.54, 1.807) is 18.2 Å². The van der Waals surface area contributed by atoms with Gasteiger partial charge in [0.2, 0.25) is 0 Å². The van der Waals surface area contributed by atoms with Gasteiger partial charge in [0.05, 0.1) is 32.5 Å². The number of nitrogens with zero attached hydrogens (tertiary/aromatic N) is 1. The fraction of sp³-hybridized carbons (Fsp3) is 0.200. The van der Waals surface area contributed by atoms with E-state index >= 15 is 4.39 Å². The molecule has 0 saturated heterocycles. The highest BCUT2D eigenvalue weighted by molar-refractivity contribution is 7.90. The molecule has 0 aromatic heterocycles. The topological polar surface area (TPSA) is 90.6 Å². The fourth-order valence-corrected chi connectivity index (χ4v) is 4.11. The number of rotatable bonds is 7. The summed E-state index contributed by atoms with van der Waals surface area (Å²) in [5, 5.41) is 18.4. The van der Waals surface area contributed by atoms with Gasteiger partial charge in [-0.05, 0) is 61.4 Å². The standard InChI is InChI=1S/C25H23ClF2N2O3S/c1-25(2,31)23(29)14-22(24-18(26)8-5-9-19(24)27)30-21-11-10-16(13-20(21)28)15-6-4-7-17(12-15)34(3,32)33/h4-13,29,31H,14H2,1-3H3. The van der Waals surface area contributed by atoms with Crippen molar-refractivity contribution in [1.29, 1.82) is 5.41 Å². The second-order valence-electron chi connectivity index (χ2n) is 8.34. The van der Waals surface area contributed by atoms with Crippen molar-refractivity contribution in [2.24, 2.45) is 4.99 Å². The van der Waals surface area contributed by atoms with Crippen molar-refractivity contribution in [2.45, 2.75) is 30.8 Å². The predicted molar refractivity (Wildman–Crippen MR) is 131 cm³/mol. The summed E-state index contributed by atoms with van der Waals surface area (Å²) in [6.45, 7) is 2.83. The van der Waals surface area contributed by atoms with E-state index in [9.17, 15) is 17.9 Å². The van der Waals surface area contributed by atoms with E-state index in [1.165, 1.54) is 56.3 Å². The number of aliphatic imine (C=N–C) groups is 1. The molecular weight excluding hydrogens is 482 g/mol. The van der Waals surface area contributed by atoms with Crippen LogP contribution < -0.4 is 0 Å². The number of halogens is 3. The third-order valence-corrected chi connectivity index (χ3v) is 6.56. The molecule has 0 radical (unpaired) electrons. The van der Waals surface area contributed by atoms with E-state index in [-0.39, 0.29) is 39.0 Å². The summed E-state index contributed by atoms with van der Waals surface area (Å²) < 4.78 is 53.4. The van der Waals surface area contributed by atoms with Crippen LogP contribution in [0, 0.1) is 17.0 Å². The smallest absolute Gasteiger partial charge is 0.175 e. The molecule has 0 heterocycles. The molecule has 0 saturated carbocycles. The first-order valence-electron chi connectivity index (χ1n) is 10.2. The number of benzene rings is 3. The Morgan fingerprint density at radius 3 is 2.26 bits per heavy atom. The Bertz CT molecular complexity index is 1380. The van der Waals surface area contributed by atoms with Gasteiger partial charge in [-0.15, -0.1) is 0 Å². The summed E-state index contributed by atoms with van der Waals surface area (Å²) in [6.07, 6.45) is 0.826. The number of nitrogens with one attached hydrogen (secondary N) is 1. The van der Waals surface area contributed by atoms with E-state index in [1.807, 2.05) is 0 Å². The molecule has 0 fully saturated rings. The largest absolute Gasteiger partial charge is 0.385 e. The second-order valence-corrected chi connectivity index (χ2v) is 10.8. The monoisotopic (exact) mass is 504 g/mol. The van der Waals surface area contributed by atoms with Crippen LogP contribution in [0.25, 0.3) is 11.1 Å². The minimum atomic E-state index is -3.43. The van der Waals surface area contributed by atoms with Crippen molar-refractivity contribution < 1.29 is 22.3 Å². The maximum atomic E-state index is 15.1. The van der Waals surface area contributed by atoms with Crippen LogP contribution in [0.15, 0.2) is 70.6 Å². The van der Waals surface area contributed by atoms with Crippen molar-refractivity contribution in [1.82, 2.24) is 0 Å². The van der Waals surface area contributed by atoms with Crippen LogP contribution in [0.5, 0.6) is 0 Å². The van der Waals surface area contributed by atoms with Gasteiger partial charge in [-0.1, -0.05) is 35.9 Å². The van der Waals surface area contributed by atoms with E-state index in [2.05, 4.69) is 4.99 Å². The molecule has 0 aliphatic heterocycles. The highest BCUT2D eigenvalue weighted by Crippen LogP contribution is 2.30. The molecule has 9 heteroatoms. The zero-order valence-corrected chi connectivity index (χ0v) is 20.3. The van der Waals surface area contributed by atoms with Gasteiger partial charge in [0, 0.05) is 18.4 Å². The van der Waals surface area contributed by atoms with E-state index in [0.29, 0.717) is 11.1 Å². The summed E-state index contributed by atoms with van der Waals surface area (Å²) in [4.78, 5) is 4.37. The third kappa shape index (κ3) is 5.94. The number of aliphatic hydroxyl groups is 1. The Morgan fingerprint density at radius 1 is 1.03 bits per heavy atom. The van der Waals surface area contributed by atoms with Crippen LogP contribution in [0.4, 0.5) is 14.5 Å². The average molecular weight is 505 g/mol. The van der Waals surface area contributed by atoms with E-state index < -0.39 is 27.1 Å².